The van der Waals surface area contributed by atoms with Crippen LogP contribution in [-0.2, 0) is 10.0 Å². The fourth-order valence-electron chi connectivity index (χ4n) is 1.79. The third kappa shape index (κ3) is 4.36. The van der Waals surface area contributed by atoms with Crippen LogP contribution >= 0.6 is 23.2 Å². The van der Waals surface area contributed by atoms with Crippen LogP contribution in [0.2, 0.25) is 10.0 Å². The highest BCUT2D eigenvalue weighted by atomic mass is 35.5. The van der Waals surface area contributed by atoms with Crippen LogP contribution in [0.3, 0.4) is 0 Å². The summed E-state index contributed by atoms with van der Waals surface area (Å²) in [4.78, 5) is -0.117. The molecule has 0 saturated heterocycles. The van der Waals surface area contributed by atoms with Gasteiger partial charge in [-0.15, -0.1) is 0 Å². The van der Waals surface area contributed by atoms with Crippen molar-refractivity contribution in [1.82, 2.24) is 4.72 Å². The lowest BCUT2D eigenvalue weighted by molar-refractivity contribution is 0.323. The van der Waals surface area contributed by atoms with Crippen LogP contribution in [0.5, 0.6) is 5.75 Å². The van der Waals surface area contributed by atoms with Gasteiger partial charge >= 0.3 is 0 Å². The van der Waals surface area contributed by atoms with E-state index in [0.717, 1.165) is 5.56 Å². The quantitative estimate of drug-likeness (QED) is 0.800. The van der Waals surface area contributed by atoms with Crippen molar-refractivity contribution in [2.75, 3.05) is 13.2 Å². The second kappa shape index (κ2) is 7.33. The molecule has 1 N–H and O–H groups in total. The number of sulfonamides is 1. The Hall–Kier alpha value is -1.27. The van der Waals surface area contributed by atoms with Crippen molar-refractivity contribution >= 4 is 33.2 Å². The molecule has 0 aliphatic carbocycles. The van der Waals surface area contributed by atoms with Gasteiger partial charge in [0.2, 0.25) is 10.0 Å². The lowest BCUT2D eigenvalue weighted by Gasteiger charge is -2.11. The van der Waals surface area contributed by atoms with Gasteiger partial charge in [0.15, 0.2) is 0 Å². The highest BCUT2D eigenvalue weighted by Gasteiger charge is 2.20. The monoisotopic (exact) mass is 359 g/mol. The molecule has 4 nitrogen and oxygen atoms in total. The predicted molar refractivity (Wildman–Crippen MR) is 88.3 cm³/mol. The van der Waals surface area contributed by atoms with Gasteiger partial charge in [0.05, 0.1) is 10.0 Å². The molecule has 0 aliphatic rings. The second-order valence-corrected chi connectivity index (χ2v) is 7.13. The van der Waals surface area contributed by atoms with Crippen molar-refractivity contribution in [3.8, 4) is 5.75 Å². The van der Waals surface area contributed by atoms with E-state index in [2.05, 4.69) is 4.72 Å². The molecule has 0 aliphatic heterocycles. The van der Waals surface area contributed by atoms with E-state index in [9.17, 15) is 8.42 Å². The van der Waals surface area contributed by atoms with Gasteiger partial charge in [-0.2, -0.15) is 0 Å². The van der Waals surface area contributed by atoms with Crippen molar-refractivity contribution in [3.05, 3.63) is 58.1 Å². The summed E-state index contributed by atoms with van der Waals surface area (Å²) < 4.78 is 32.3. The van der Waals surface area contributed by atoms with Crippen LogP contribution in [0.1, 0.15) is 5.56 Å². The molecule has 22 heavy (non-hydrogen) atoms. The van der Waals surface area contributed by atoms with E-state index in [1.54, 1.807) is 6.07 Å². The maximum atomic E-state index is 12.2. The summed E-state index contributed by atoms with van der Waals surface area (Å²) in [6, 6.07) is 12.0. The largest absolute Gasteiger partial charge is 0.492 e. The number of aryl methyl sites for hydroxylation is 1. The number of halogens is 2. The molecule has 0 fully saturated rings. The summed E-state index contributed by atoms with van der Waals surface area (Å²) in [6.07, 6.45) is 0. The first-order valence-electron chi connectivity index (χ1n) is 6.53. The first-order chi connectivity index (χ1) is 10.4. The first kappa shape index (κ1) is 17.1. The SMILES string of the molecule is Cc1ccc(OCCNS(=O)(=O)c2c(Cl)cccc2Cl)cc1. The highest BCUT2D eigenvalue weighted by molar-refractivity contribution is 7.89. The molecule has 0 heterocycles. The third-order valence-electron chi connectivity index (χ3n) is 2.87. The molecule has 0 radical (unpaired) electrons. The molecule has 2 aromatic rings. The number of nitrogens with one attached hydrogen (secondary N) is 1. The summed E-state index contributed by atoms with van der Waals surface area (Å²) in [6.45, 7) is 2.29. The molecular formula is C15H15Cl2NO3S. The van der Waals surface area contributed by atoms with Gasteiger partial charge in [-0.1, -0.05) is 47.0 Å². The minimum absolute atomic E-state index is 0.0828. The smallest absolute Gasteiger partial charge is 0.243 e. The van der Waals surface area contributed by atoms with E-state index in [0.29, 0.717) is 5.75 Å². The van der Waals surface area contributed by atoms with Crippen molar-refractivity contribution in [2.45, 2.75) is 11.8 Å². The molecule has 0 amide bonds. The molecule has 7 heteroatoms. The molecule has 0 saturated carbocycles. The Kier molecular flexibility index (Phi) is 5.69. The normalized spacial score (nSPS) is 11.4. The summed E-state index contributed by atoms with van der Waals surface area (Å²) in [7, 11) is -3.78. The number of ether oxygens (including phenoxy) is 1. The summed E-state index contributed by atoms with van der Waals surface area (Å²) in [5, 5.41) is 0.166. The Morgan fingerprint density at radius 2 is 1.64 bits per heavy atom. The van der Waals surface area contributed by atoms with Gasteiger partial charge in [0.25, 0.3) is 0 Å². The second-order valence-electron chi connectivity index (χ2n) is 4.61. The molecule has 2 aromatic carbocycles. The molecule has 0 atom stereocenters. The van der Waals surface area contributed by atoms with Gasteiger partial charge in [-0.05, 0) is 31.2 Å². The Morgan fingerprint density at radius 3 is 2.23 bits per heavy atom. The first-order valence-corrected chi connectivity index (χ1v) is 8.77. The van der Waals surface area contributed by atoms with Crippen molar-refractivity contribution < 1.29 is 13.2 Å². The Morgan fingerprint density at radius 1 is 1.05 bits per heavy atom. The Balaban J connectivity index is 1.94. The van der Waals surface area contributed by atoms with Gasteiger partial charge in [0.1, 0.15) is 17.3 Å². The minimum atomic E-state index is -3.78. The lowest BCUT2D eigenvalue weighted by Crippen LogP contribution is -2.28. The molecule has 0 spiro atoms. The van der Waals surface area contributed by atoms with Crippen LogP contribution in [-0.4, -0.2) is 21.6 Å². The van der Waals surface area contributed by atoms with Crippen molar-refractivity contribution in [1.29, 1.82) is 0 Å². The Bertz CT molecular complexity index is 726. The standard InChI is InChI=1S/C15H15Cl2NO3S/c1-11-5-7-12(8-6-11)21-10-9-18-22(19,20)15-13(16)3-2-4-14(15)17/h2-8,18H,9-10H2,1H3. The van der Waals surface area contributed by atoms with E-state index in [1.165, 1.54) is 12.1 Å². The van der Waals surface area contributed by atoms with Crippen molar-refractivity contribution in [2.24, 2.45) is 0 Å². The van der Waals surface area contributed by atoms with E-state index in [-0.39, 0.29) is 28.1 Å². The molecule has 0 aromatic heterocycles. The van der Waals surface area contributed by atoms with E-state index >= 15 is 0 Å². The van der Waals surface area contributed by atoms with Gasteiger partial charge in [0, 0.05) is 6.54 Å². The van der Waals surface area contributed by atoms with Crippen LogP contribution in [0.15, 0.2) is 47.4 Å². The molecule has 0 bridgehead atoms. The molecular weight excluding hydrogens is 345 g/mol. The summed E-state index contributed by atoms with van der Waals surface area (Å²) >= 11 is 11.8. The number of hydrogen-bond donors (Lipinski definition) is 1. The van der Waals surface area contributed by atoms with Gasteiger partial charge in [-0.3, -0.25) is 0 Å². The topological polar surface area (TPSA) is 55.4 Å². The summed E-state index contributed by atoms with van der Waals surface area (Å²) in [5.41, 5.74) is 1.13. The minimum Gasteiger partial charge on any atom is -0.492 e. The zero-order chi connectivity index (χ0) is 16.2. The maximum Gasteiger partial charge on any atom is 0.243 e. The van der Waals surface area contributed by atoms with E-state index < -0.39 is 10.0 Å². The third-order valence-corrected chi connectivity index (χ3v) is 5.29. The maximum absolute atomic E-state index is 12.2. The summed E-state index contributed by atoms with van der Waals surface area (Å²) in [5.74, 6) is 0.681. The molecule has 0 unspecified atom stereocenters. The Labute approximate surface area is 140 Å². The van der Waals surface area contributed by atoms with Crippen LogP contribution < -0.4 is 9.46 Å². The fourth-order valence-corrected chi connectivity index (χ4v) is 3.94. The number of benzene rings is 2. The van der Waals surface area contributed by atoms with Crippen LogP contribution in [0.4, 0.5) is 0 Å². The zero-order valence-electron chi connectivity index (χ0n) is 11.8. The number of rotatable bonds is 6. The average Bonchev–Trinajstić information content (AvgIpc) is 2.45. The van der Waals surface area contributed by atoms with E-state index in [1.807, 2.05) is 31.2 Å². The lowest BCUT2D eigenvalue weighted by atomic mass is 10.2. The highest BCUT2D eigenvalue weighted by Crippen LogP contribution is 2.28. The fraction of sp³-hybridized carbons (Fsp3) is 0.200. The van der Waals surface area contributed by atoms with Crippen LogP contribution in [0, 0.1) is 6.92 Å². The predicted octanol–water partition coefficient (Wildman–Crippen LogP) is 3.66. The molecule has 2 rings (SSSR count). The zero-order valence-corrected chi connectivity index (χ0v) is 14.2. The van der Waals surface area contributed by atoms with Gasteiger partial charge < -0.3 is 4.74 Å². The number of hydrogen-bond acceptors (Lipinski definition) is 3. The van der Waals surface area contributed by atoms with Crippen LogP contribution in [0.25, 0.3) is 0 Å². The average molecular weight is 360 g/mol. The van der Waals surface area contributed by atoms with Gasteiger partial charge in [-0.25, -0.2) is 13.1 Å². The van der Waals surface area contributed by atoms with E-state index in [4.69, 9.17) is 27.9 Å². The van der Waals surface area contributed by atoms with Crippen molar-refractivity contribution in [3.63, 3.8) is 0 Å². The molecule has 118 valence electrons.